The van der Waals surface area contributed by atoms with Gasteiger partial charge in [-0.3, -0.25) is 4.79 Å². The van der Waals surface area contributed by atoms with Gasteiger partial charge in [0.15, 0.2) is 0 Å². The highest BCUT2D eigenvalue weighted by Crippen LogP contribution is 2.27. The molecule has 1 rings (SSSR count). The van der Waals surface area contributed by atoms with Gasteiger partial charge in [-0.25, -0.2) is 4.79 Å². The molecule has 0 aliphatic heterocycles. The number of carboxylic acids is 1. The molecule has 5 heteroatoms. The zero-order valence-corrected chi connectivity index (χ0v) is 12.7. The Hall–Kier alpha value is -1.52. The third kappa shape index (κ3) is 5.63. The molecule has 0 aromatic rings. The minimum absolute atomic E-state index is 0.0783. The van der Waals surface area contributed by atoms with E-state index in [9.17, 15) is 14.7 Å². The van der Waals surface area contributed by atoms with Gasteiger partial charge in [-0.2, -0.15) is 0 Å². The van der Waals surface area contributed by atoms with E-state index in [0.29, 0.717) is 19.0 Å². The number of carboxylic acid groups (broad SMARTS) is 1. The largest absolute Gasteiger partial charge is 0.481 e. The van der Waals surface area contributed by atoms with Gasteiger partial charge in [-0.15, -0.1) is 6.58 Å². The molecule has 0 spiro atoms. The van der Waals surface area contributed by atoms with E-state index in [-0.39, 0.29) is 18.0 Å². The lowest BCUT2D eigenvalue weighted by Gasteiger charge is -2.25. The number of rotatable bonds is 7. The second-order valence-electron chi connectivity index (χ2n) is 6.66. The van der Waals surface area contributed by atoms with Crippen LogP contribution in [0.1, 0.15) is 40.0 Å². The van der Waals surface area contributed by atoms with Crippen molar-refractivity contribution in [2.24, 2.45) is 11.3 Å². The van der Waals surface area contributed by atoms with E-state index in [2.05, 4.69) is 11.9 Å². The number of nitrogens with zero attached hydrogens (tertiary/aromatic N) is 1. The van der Waals surface area contributed by atoms with Gasteiger partial charge >= 0.3 is 12.0 Å². The fraction of sp³-hybridized carbons (Fsp3) is 0.733. The van der Waals surface area contributed by atoms with E-state index in [4.69, 9.17) is 0 Å². The van der Waals surface area contributed by atoms with Crippen LogP contribution in [0, 0.1) is 11.3 Å². The van der Waals surface area contributed by atoms with Gasteiger partial charge in [0, 0.05) is 19.1 Å². The monoisotopic (exact) mass is 282 g/mol. The molecule has 0 heterocycles. The first-order valence-corrected chi connectivity index (χ1v) is 7.13. The zero-order valence-electron chi connectivity index (χ0n) is 12.7. The van der Waals surface area contributed by atoms with Crippen molar-refractivity contribution in [2.75, 3.05) is 13.1 Å². The second-order valence-corrected chi connectivity index (χ2v) is 6.66. The molecule has 5 nitrogen and oxygen atoms in total. The van der Waals surface area contributed by atoms with Crippen LogP contribution in [-0.4, -0.2) is 41.1 Å². The predicted molar refractivity (Wildman–Crippen MR) is 78.5 cm³/mol. The Morgan fingerprint density at radius 1 is 1.45 bits per heavy atom. The first kappa shape index (κ1) is 16.5. The predicted octanol–water partition coefficient (Wildman–Crippen LogP) is 2.48. The van der Waals surface area contributed by atoms with Crippen LogP contribution in [0.2, 0.25) is 0 Å². The Morgan fingerprint density at radius 3 is 2.45 bits per heavy atom. The average molecular weight is 282 g/mol. The van der Waals surface area contributed by atoms with Crippen LogP contribution in [0.15, 0.2) is 12.7 Å². The quantitative estimate of drug-likeness (QED) is 0.705. The number of urea groups is 1. The first-order valence-electron chi connectivity index (χ1n) is 7.13. The molecule has 1 aliphatic carbocycles. The highest BCUT2D eigenvalue weighted by atomic mass is 16.4. The number of carbonyl (C=O) groups is 2. The molecule has 2 amide bonds. The number of hydrogen-bond acceptors (Lipinski definition) is 2. The topological polar surface area (TPSA) is 69.6 Å². The van der Waals surface area contributed by atoms with E-state index in [0.717, 1.165) is 12.8 Å². The van der Waals surface area contributed by atoms with E-state index in [1.807, 2.05) is 20.8 Å². The molecule has 0 aromatic heterocycles. The summed E-state index contributed by atoms with van der Waals surface area (Å²) >= 11 is 0. The van der Waals surface area contributed by atoms with Gasteiger partial charge < -0.3 is 15.3 Å². The van der Waals surface area contributed by atoms with Crippen LogP contribution >= 0.6 is 0 Å². The maximum atomic E-state index is 12.1. The Labute approximate surface area is 121 Å². The van der Waals surface area contributed by atoms with E-state index >= 15 is 0 Å². The minimum atomic E-state index is -0.859. The number of hydrogen-bond donors (Lipinski definition) is 2. The molecule has 1 aliphatic rings. The Kier molecular flexibility index (Phi) is 5.60. The maximum Gasteiger partial charge on any atom is 0.317 e. The van der Waals surface area contributed by atoms with Crippen molar-refractivity contribution in [3.05, 3.63) is 12.7 Å². The highest BCUT2D eigenvalue weighted by molar-refractivity contribution is 5.76. The average Bonchev–Trinajstić information content (AvgIpc) is 3.13. The molecule has 1 unspecified atom stereocenters. The van der Waals surface area contributed by atoms with Crippen LogP contribution in [-0.2, 0) is 4.79 Å². The number of amides is 2. The van der Waals surface area contributed by atoms with E-state index in [1.165, 1.54) is 0 Å². The van der Waals surface area contributed by atoms with Crippen LogP contribution in [0.5, 0.6) is 0 Å². The summed E-state index contributed by atoms with van der Waals surface area (Å²) in [5.41, 5.74) is -0.0783. The fourth-order valence-corrected chi connectivity index (χ4v) is 2.22. The molecular weight excluding hydrogens is 256 g/mol. The summed E-state index contributed by atoms with van der Waals surface area (Å²) in [6.07, 6.45) is 4.27. The number of nitrogens with one attached hydrogen (secondary N) is 1. The van der Waals surface area contributed by atoms with Crippen molar-refractivity contribution >= 4 is 12.0 Å². The summed E-state index contributed by atoms with van der Waals surface area (Å²) in [6, 6.07) is 0.103. The SMILES string of the molecule is C=CCN(C(=O)NCC(CC(C)(C)C)C(=O)O)C1CC1. The summed E-state index contributed by atoms with van der Waals surface area (Å²) in [6.45, 7) is 10.3. The normalized spacial score (nSPS) is 16.4. The van der Waals surface area contributed by atoms with E-state index in [1.54, 1.807) is 11.0 Å². The van der Waals surface area contributed by atoms with Gasteiger partial charge in [0.05, 0.1) is 5.92 Å². The van der Waals surface area contributed by atoms with Crippen LogP contribution in [0.25, 0.3) is 0 Å². The van der Waals surface area contributed by atoms with Crippen molar-refractivity contribution in [1.29, 1.82) is 0 Å². The lowest BCUT2D eigenvalue weighted by Crippen LogP contribution is -2.44. The minimum Gasteiger partial charge on any atom is -0.481 e. The van der Waals surface area contributed by atoms with Crippen molar-refractivity contribution in [3.63, 3.8) is 0 Å². The lowest BCUT2D eigenvalue weighted by molar-refractivity contribution is -0.142. The van der Waals surface area contributed by atoms with Crippen molar-refractivity contribution in [1.82, 2.24) is 10.2 Å². The summed E-state index contributed by atoms with van der Waals surface area (Å²) < 4.78 is 0. The van der Waals surface area contributed by atoms with Crippen LogP contribution < -0.4 is 5.32 Å². The molecule has 1 saturated carbocycles. The van der Waals surface area contributed by atoms with Crippen molar-refractivity contribution < 1.29 is 14.7 Å². The van der Waals surface area contributed by atoms with Crippen molar-refractivity contribution in [3.8, 4) is 0 Å². The summed E-state index contributed by atoms with van der Waals surface area (Å²) in [7, 11) is 0. The first-order chi connectivity index (χ1) is 9.24. The maximum absolute atomic E-state index is 12.1. The summed E-state index contributed by atoms with van der Waals surface area (Å²) in [5.74, 6) is -1.41. The fourth-order valence-electron chi connectivity index (χ4n) is 2.22. The van der Waals surface area contributed by atoms with Crippen LogP contribution in [0.4, 0.5) is 4.79 Å². The smallest absolute Gasteiger partial charge is 0.317 e. The molecular formula is C15H26N2O3. The Balaban J connectivity index is 2.51. The van der Waals surface area contributed by atoms with Gasteiger partial charge in [-0.05, 0) is 24.7 Å². The lowest BCUT2D eigenvalue weighted by atomic mass is 9.84. The number of aliphatic carboxylic acids is 1. The summed E-state index contributed by atoms with van der Waals surface area (Å²) in [4.78, 5) is 25.1. The third-order valence-electron chi connectivity index (χ3n) is 3.28. The molecule has 114 valence electrons. The second kappa shape index (κ2) is 6.77. The third-order valence-corrected chi connectivity index (χ3v) is 3.28. The van der Waals surface area contributed by atoms with Gasteiger partial charge in [0.1, 0.15) is 0 Å². The standard InChI is InChI=1S/C15H26N2O3/c1-5-8-17(12-6-7-12)14(20)16-10-11(13(18)19)9-15(2,3)4/h5,11-12H,1,6-10H2,2-4H3,(H,16,20)(H,18,19). The summed E-state index contributed by atoms with van der Waals surface area (Å²) in [5, 5.41) is 12.0. The molecule has 0 aromatic carbocycles. The highest BCUT2D eigenvalue weighted by Gasteiger charge is 2.32. The van der Waals surface area contributed by atoms with Crippen molar-refractivity contribution in [2.45, 2.75) is 46.1 Å². The molecule has 2 N–H and O–H groups in total. The van der Waals surface area contributed by atoms with Crippen LogP contribution in [0.3, 0.4) is 0 Å². The number of carbonyl (C=O) groups excluding carboxylic acids is 1. The van der Waals surface area contributed by atoms with E-state index < -0.39 is 11.9 Å². The molecule has 1 fully saturated rings. The molecule has 20 heavy (non-hydrogen) atoms. The molecule has 0 saturated heterocycles. The van der Waals surface area contributed by atoms with Gasteiger partial charge in [0.25, 0.3) is 0 Å². The van der Waals surface area contributed by atoms with Gasteiger partial charge in [0.2, 0.25) is 0 Å². The molecule has 1 atom stereocenters. The Morgan fingerprint density at radius 2 is 2.05 bits per heavy atom. The van der Waals surface area contributed by atoms with Gasteiger partial charge in [-0.1, -0.05) is 26.8 Å². The molecule has 0 radical (unpaired) electrons. The Bertz CT molecular complexity index is 370. The molecule has 0 bridgehead atoms. The zero-order chi connectivity index (χ0) is 15.3.